The molecule has 0 aromatic heterocycles. The second-order valence-electron chi connectivity index (χ2n) is 5.75. The van der Waals surface area contributed by atoms with E-state index in [-0.39, 0.29) is 5.91 Å². The monoisotopic (exact) mass is 340 g/mol. The maximum Gasteiger partial charge on any atom is 0.236 e. The Kier molecular flexibility index (Phi) is 7.01. The van der Waals surface area contributed by atoms with Crippen LogP contribution >= 0.6 is 0 Å². The molecule has 5 heteroatoms. The highest BCUT2D eigenvalue weighted by Gasteiger charge is 2.01. The number of hydrogen-bond acceptors (Lipinski definition) is 4. The van der Waals surface area contributed by atoms with E-state index in [1.165, 1.54) is 18.1 Å². The van der Waals surface area contributed by atoms with Gasteiger partial charge in [0.05, 0.1) is 19.4 Å². The number of nitrogens with zero attached hydrogens (tertiary/aromatic N) is 1. The average Bonchev–Trinajstić information content (AvgIpc) is 2.58. The lowest BCUT2D eigenvalue weighted by atomic mass is 10.1. The summed E-state index contributed by atoms with van der Waals surface area (Å²) >= 11 is 0. The molecule has 0 saturated heterocycles. The Bertz CT molecular complexity index is 741. The molecule has 0 radical (unpaired) electrons. The Morgan fingerprint density at radius 3 is 2.68 bits per heavy atom. The SMILES string of the molecule is CC(=O)NN=Cc1cccc(OCCCOc2cccc(C)c2C)c1. The molecule has 5 nitrogen and oxygen atoms in total. The third-order valence-electron chi connectivity index (χ3n) is 3.66. The van der Waals surface area contributed by atoms with Gasteiger partial charge < -0.3 is 9.47 Å². The van der Waals surface area contributed by atoms with E-state index in [0.717, 1.165) is 23.5 Å². The van der Waals surface area contributed by atoms with Gasteiger partial charge in [-0.2, -0.15) is 5.10 Å². The Morgan fingerprint density at radius 1 is 1.12 bits per heavy atom. The number of ether oxygens (including phenoxy) is 2. The summed E-state index contributed by atoms with van der Waals surface area (Å²) in [5, 5.41) is 3.84. The molecular formula is C20H24N2O3. The molecular weight excluding hydrogens is 316 g/mol. The van der Waals surface area contributed by atoms with E-state index in [1.807, 2.05) is 36.4 Å². The van der Waals surface area contributed by atoms with Gasteiger partial charge >= 0.3 is 0 Å². The van der Waals surface area contributed by atoms with Crippen molar-refractivity contribution in [2.75, 3.05) is 13.2 Å². The van der Waals surface area contributed by atoms with Gasteiger partial charge in [-0.25, -0.2) is 5.43 Å². The largest absolute Gasteiger partial charge is 0.493 e. The number of carbonyl (C=O) groups is 1. The van der Waals surface area contributed by atoms with E-state index in [1.54, 1.807) is 6.21 Å². The zero-order valence-electron chi connectivity index (χ0n) is 14.9. The number of benzene rings is 2. The van der Waals surface area contributed by atoms with E-state index < -0.39 is 0 Å². The highest BCUT2D eigenvalue weighted by atomic mass is 16.5. The molecule has 0 unspecified atom stereocenters. The predicted octanol–water partition coefficient (Wildman–Crippen LogP) is 3.62. The molecule has 0 spiro atoms. The fourth-order valence-corrected chi connectivity index (χ4v) is 2.19. The van der Waals surface area contributed by atoms with Crippen LogP contribution < -0.4 is 14.9 Å². The summed E-state index contributed by atoms with van der Waals surface area (Å²) in [6, 6.07) is 13.6. The van der Waals surface area contributed by atoms with Crippen LogP contribution in [-0.2, 0) is 4.79 Å². The van der Waals surface area contributed by atoms with Crippen molar-refractivity contribution < 1.29 is 14.3 Å². The van der Waals surface area contributed by atoms with Crippen molar-refractivity contribution in [2.24, 2.45) is 5.10 Å². The summed E-state index contributed by atoms with van der Waals surface area (Å²) < 4.78 is 11.6. The molecule has 2 rings (SSSR count). The lowest BCUT2D eigenvalue weighted by Crippen LogP contribution is -2.12. The number of carbonyl (C=O) groups excluding carboxylic acids is 1. The van der Waals surface area contributed by atoms with Crippen LogP contribution in [0.3, 0.4) is 0 Å². The van der Waals surface area contributed by atoms with E-state index in [2.05, 4.69) is 30.4 Å². The highest BCUT2D eigenvalue weighted by molar-refractivity contribution is 5.82. The molecule has 2 aromatic carbocycles. The van der Waals surface area contributed by atoms with Crippen molar-refractivity contribution in [1.82, 2.24) is 5.43 Å². The molecule has 0 aliphatic carbocycles. The molecule has 1 N–H and O–H groups in total. The molecule has 1 amide bonds. The maximum absolute atomic E-state index is 10.8. The van der Waals surface area contributed by atoms with E-state index in [0.29, 0.717) is 13.2 Å². The van der Waals surface area contributed by atoms with E-state index in [9.17, 15) is 4.79 Å². The summed E-state index contributed by atoms with van der Waals surface area (Å²) in [6.07, 6.45) is 2.37. The third kappa shape index (κ3) is 6.30. The molecule has 0 aliphatic heterocycles. The number of rotatable bonds is 8. The molecule has 0 aliphatic rings. The van der Waals surface area contributed by atoms with E-state index >= 15 is 0 Å². The zero-order valence-corrected chi connectivity index (χ0v) is 14.9. The predicted molar refractivity (Wildman–Crippen MR) is 99.4 cm³/mol. The highest BCUT2D eigenvalue weighted by Crippen LogP contribution is 2.20. The second-order valence-corrected chi connectivity index (χ2v) is 5.75. The first kappa shape index (κ1) is 18.5. The molecule has 132 valence electrons. The summed E-state index contributed by atoms with van der Waals surface area (Å²) in [4.78, 5) is 10.8. The van der Waals surface area contributed by atoms with Crippen LogP contribution in [0, 0.1) is 13.8 Å². The normalized spacial score (nSPS) is 10.7. The minimum absolute atomic E-state index is 0.201. The quantitative estimate of drug-likeness (QED) is 0.453. The number of hydrazone groups is 1. The van der Waals surface area contributed by atoms with Crippen molar-refractivity contribution in [3.8, 4) is 11.5 Å². The van der Waals surface area contributed by atoms with Gasteiger partial charge in [0.2, 0.25) is 5.91 Å². The Labute approximate surface area is 148 Å². The van der Waals surface area contributed by atoms with Crippen molar-refractivity contribution in [3.63, 3.8) is 0 Å². The van der Waals surface area contributed by atoms with Gasteiger partial charge in [-0.1, -0.05) is 24.3 Å². The molecule has 25 heavy (non-hydrogen) atoms. The first-order valence-corrected chi connectivity index (χ1v) is 8.28. The molecule has 0 heterocycles. The topological polar surface area (TPSA) is 59.9 Å². The molecule has 0 atom stereocenters. The Hall–Kier alpha value is -2.82. The smallest absolute Gasteiger partial charge is 0.236 e. The molecule has 0 bridgehead atoms. The van der Waals surface area contributed by atoms with Crippen LogP contribution in [0.25, 0.3) is 0 Å². The first-order valence-electron chi connectivity index (χ1n) is 8.28. The lowest BCUT2D eigenvalue weighted by molar-refractivity contribution is -0.118. The van der Waals surface area contributed by atoms with Crippen LogP contribution in [-0.4, -0.2) is 25.3 Å². The lowest BCUT2D eigenvalue weighted by Gasteiger charge is -2.11. The van der Waals surface area contributed by atoms with Crippen LogP contribution in [0.2, 0.25) is 0 Å². The molecule has 2 aromatic rings. The minimum atomic E-state index is -0.201. The summed E-state index contributed by atoms with van der Waals surface area (Å²) in [7, 11) is 0. The van der Waals surface area contributed by atoms with Crippen LogP contribution in [0.4, 0.5) is 0 Å². The van der Waals surface area contributed by atoms with Gasteiger partial charge in [-0.05, 0) is 48.7 Å². The number of amides is 1. The molecule has 0 fully saturated rings. The van der Waals surface area contributed by atoms with E-state index in [4.69, 9.17) is 9.47 Å². The molecule has 0 saturated carbocycles. The summed E-state index contributed by atoms with van der Waals surface area (Å²) in [5.74, 6) is 1.49. The third-order valence-corrected chi connectivity index (χ3v) is 3.66. The average molecular weight is 340 g/mol. The van der Waals surface area contributed by atoms with Crippen molar-refractivity contribution >= 4 is 12.1 Å². The number of nitrogens with one attached hydrogen (secondary N) is 1. The van der Waals surface area contributed by atoms with Gasteiger partial charge in [0, 0.05) is 13.3 Å². The van der Waals surface area contributed by atoms with Gasteiger partial charge in [0.15, 0.2) is 0 Å². The number of aryl methyl sites for hydroxylation is 1. The second kappa shape index (κ2) is 9.47. The van der Waals surface area contributed by atoms with Gasteiger partial charge in [-0.15, -0.1) is 0 Å². The summed E-state index contributed by atoms with van der Waals surface area (Å²) in [6.45, 7) is 6.73. The minimum Gasteiger partial charge on any atom is -0.493 e. The van der Waals surface area contributed by atoms with Crippen LogP contribution in [0.15, 0.2) is 47.6 Å². The Balaban J connectivity index is 1.75. The zero-order chi connectivity index (χ0) is 18.1. The van der Waals surface area contributed by atoms with Crippen molar-refractivity contribution in [2.45, 2.75) is 27.2 Å². The van der Waals surface area contributed by atoms with Crippen molar-refractivity contribution in [3.05, 3.63) is 59.2 Å². The number of hydrogen-bond donors (Lipinski definition) is 1. The first-order chi connectivity index (χ1) is 12.1. The van der Waals surface area contributed by atoms with Crippen LogP contribution in [0.5, 0.6) is 11.5 Å². The maximum atomic E-state index is 10.8. The van der Waals surface area contributed by atoms with Crippen molar-refractivity contribution in [1.29, 1.82) is 0 Å². The Morgan fingerprint density at radius 2 is 1.88 bits per heavy atom. The standard InChI is InChI=1S/C20H24N2O3/c1-15-7-4-10-20(16(15)2)25-12-6-11-24-19-9-5-8-18(13-19)14-21-22-17(3)23/h4-5,7-10,13-14H,6,11-12H2,1-3H3,(H,22,23). The van der Waals surface area contributed by atoms with Gasteiger partial charge in [0.25, 0.3) is 0 Å². The van der Waals surface area contributed by atoms with Gasteiger partial charge in [-0.3, -0.25) is 4.79 Å². The summed E-state index contributed by atoms with van der Waals surface area (Å²) in [5.41, 5.74) is 5.63. The van der Waals surface area contributed by atoms with Crippen LogP contribution in [0.1, 0.15) is 30.0 Å². The van der Waals surface area contributed by atoms with Gasteiger partial charge in [0.1, 0.15) is 11.5 Å². The fourth-order valence-electron chi connectivity index (χ4n) is 2.19. The fraction of sp³-hybridized carbons (Fsp3) is 0.300.